The van der Waals surface area contributed by atoms with Gasteiger partial charge >= 0.3 is 0 Å². The first-order chi connectivity index (χ1) is 16.0. The molecular weight excluding hydrogens is 408 g/mol. The molecule has 1 saturated heterocycles. The van der Waals surface area contributed by atoms with Gasteiger partial charge in [-0.15, -0.1) is 0 Å². The van der Waals surface area contributed by atoms with E-state index < -0.39 is 0 Å². The normalized spacial score (nSPS) is 14.9. The fourth-order valence-corrected chi connectivity index (χ4v) is 5.60. The zero-order valence-corrected chi connectivity index (χ0v) is 20.2. The van der Waals surface area contributed by atoms with Crippen LogP contribution in [0, 0.1) is 32.1 Å². The summed E-state index contributed by atoms with van der Waals surface area (Å²) >= 11 is 0. The molecule has 33 heavy (non-hydrogen) atoms. The third-order valence-corrected chi connectivity index (χ3v) is 7.51. The van der Waals surface area contributed by atoms with Crippen molar-refractivity contribution in [3.8, 4) is 6.07 Å². The second-order valence-corrected chi connectivity index (χ2v) is 9.35. The van der Waals surface area contributed by atoms with Gasteiger partial charge in [0.1, 0.15) is 48.8 Å². The number of pyridine rings is 1. The number of benzene rings is 1. The zero-order valence-electron chi connectivity index (χ0n) is 20.2. The van der Waals surface area contributed by atoms with Crippen molar-refractivity contribution in [3.05, 3.63) is 64.5 Å². The summed E-state index contributed by atoms with van der Waals surface area (Å²) in [5.74, 6) is 1.26. The second-order valence-electron chi connectivity index (χ2n) is 9.35. The Kier molecular flexibility index (Phi) is 5.59. The van der Waals surface area contributed by atoms with Crippen molar-refractivity contribution >= 4 is 22.5 Å². The Balaban J connectivity index is 1.47. The fourth-order valence-electron chi connectivity index (χ4n) is 5.60. The first kappa shape index (κ1) is 21.5. The quantitative estimate of drug-likeness (QED) is 0.467. The summed E-state index contributed by atoms with van der Waals surface area (Å²) in [6, 6.07) is 15.3. The van der Waals surface area contributed by atoms with Crippen molar-refractivity contribution in [1.29, 1.82) is 5.26 Å². The van der Waals surface area contributed by atoms with E-state index >= 15 is 0 Å². The highest BCUT2D eigenvalue weighted by Crippen LogP contribution is 2.28. The lowest BCUT2D eigenvalue weighted by atomic mass is 10.0. The van der Waals surface area contributed by atoms with Crippen molar-refractivity contribution < 1.29 is 9.30 Å². The number of piperazine rings is 1. The number of hydrogen-bond acceptors (Lipinski definition) is 2. The third-order valence-electron chi connectivity index (χ3n) is 7.51. The van der Waals surface area contributed by atoms with E-state index in [0.717, 1.165) is 73.5 Å². The molecule has 0 amide bonds. The summed E-state index contributed by atoms with van der Waals surface area (Å²) in [5, 5.41) is 9.97. The SMILES string of the molecule is CCc1c(C)c(C#N)c2[nH]c3ccccc3[n+]2c1N1CC[NH+](CCn2c(C)ccc2C)CC1. The van der Waals surface area contributed by atoms with E-state index in [1.165, 1.54) is 22.8 Å². The minimum absolute atomic E-state index is 0.758. The smallest absolute Gasteiger partial charge is 0.250 e. The molecule has 0 bridgehead atoms. The van der Waals surface area contributed by atoms with Crippen LogP contribution in [0.15, 0.2) is 36.4 Å². The average Bonchev–Trinajstić information content (AvgIpc) is 3.36. The maximum absolute atomic E-state index is 9.97. The molecule has 1 aromatic carbocycles. The summed E-state index contributed by atoms with van der Waals surface area (Å²) in [6.45, 7) is 15.3. The number of nitrogens with zero attached hydrogens (tertiary/aromatic N) is 4. The van der Waals surface area contributed by atoms with Gasteiger partial charge in [-0.1, -0.05) is 19.1 Å². The third kappa shape index (κ3) is 3.57. The van der Waals surface area contributed by atoms with Crippen LogP contribution in [-0.4, -0.2) is 42.3 Å². The van der Waals surface area contributed by atoms with Crippen LogP contribution in [0.3, 0.4) is 0 Å². The largest absolute Gasteiger partial charge is 0.344 e. The molecule has 5 rings (SSSR count). The van der Waals surface area contributed by atoms with Gasteiger partial charge in [0.25, 0.3) is 0 Å². The van der Waals surface area contributed by atoms with Gasteiger partial charge in [-0.3, -0.25) is 9.88 Å². The lowest BCUT2D eigenvalue weighted by Gasteiger charge is -2.32. The number of rotatable bonds is 5. The van der Waals surface area contributed by atoms with Crippen molar-refractivity contribution in [2.24, 2.45) is 0 Å². The molecule has 170 valence electrons. The molecule has 1 fully saturated rings. The van der Waals surface area contributed by atoms with E-state index in [2.05, 4.69) is 82.9 Å². The number of aryl methyl sites for hydroxylation is 2. The molecule has 6 nitrogen and oxygen atoms in total. The number of aromatic nitrogens is 3. The Hall–Kier alpha value is -3.30. The van der Waals surface area contributed by atoms with E-state index in [4.69, 9.17) is 0 Å². The Labute approximate surface area is 195 Å². The van der Waals surface area contributed by atoms with Gasteiger partial charge < -0.3 is 9.47 Å². The van der Waals surface area contributed by atoms with Crippen LogP contribution in [0.25, 0.3) is 16.7 Å². The predicted molar refractivity (Wildman–Crippen MR) is 132 cm³/mol. The number of aromatic amines is 1. The molecule has 0 saturated carbocycles. The Morgan fingerprint density at radius 2 is 1.76 bits per heavy atom. The minimum Gasteiger partial charge on any atom is -0.344 e. The van der Waals surface area contributed by atoms with Gasteiger partial charge in [0.2, 0.25) is 11.5 Å². The van der Waals surface area contributed by atoms with Gasteiger partial charge in [-0.25, -0.2) is 0 Å². The highest BCUT2D eigenvalue weighted by atomic mass is 15.3. The maximum atomic E-state index is 9.97. The zero-order chi connectivity index (χ0) is 23.1. The number of fused-ring (bicyclic) bond motifs is 3. The number of hydrogen-bond donors (Lipinski definition) is 2. The van der Waals surface area contributed by atoms with Crippen LogP contribution >= 0.6 is 0 Å². The summed E-state index contributed by atoms with van der Waals surface area (Å²) < 4.78 is 4.74. The molecule has 0 atom stereocenters. The molecule has 6 heteroatoms. The number of quaternary nitrogens is 1. The van der Waals surface area contributed by atoms with Crippen molar-refractivity contribution in [1.82, 2.24) is 9.55 Å². The van der Waals surface area contributed by atoms with Crippen molar-refractivity contribution in [3.63, 3.8) is 0 Å². The van der Waals surface area contributed by atoms with E-state index in [1.54, 1.807) is 4.90 Å². The van der Waals surface area contributed by atoms with Gasteiger partial charge in [0.05, 0.1) is 13.1 Å². The van der Waals surface area contributed by atoms with Crippen molar-refractivity contribution in [2.75, 3.05) is 37.6 Å². The highest BCUT2D eigenvalue weighted by molar-refractivity contribution is 5.78. The lowest BCUT2D eigenvalue weighted by Crippen LogP contribution is -3.15. The van der Waals surface area contributed by atoms with Crippen LogP contribution in [-0.2, 0) is 13.0 Å². The monoisotopic (exact) mass is 442 g/mol. The molecular formula is C27H34N6+2. The molecule has 0 spiro atoms. The van der Waals surface area contributed by atoms with E-state index in [1.807, 2.05) is 6.07 Å². The van der Waals surface area contributed by atoms with Crippen LogP contribution in [0.4, 0.5) is 5.82 Å². The van der Waals surface area contributed by atoms with Gasteiger partial charge in [-0.2, -0.15) is 9.66 Å². The number of para-hydroxylation sites is 2. The van der Waals surface area contributed by atoms with Gasteiger partial charge in [0, 0.05) is 17.0 Å². The number of H-pyrrole nitrogens is 1. The number of nitriles is 1. The fraction of sp³-hybridized carbons (Fsp3) is 0.407. The molecule has 3 aromatic heterocycles. The molecule has 1 aliphatic rings. The van der Waals surface area contributed by atoms with Gasteiger partial charge in [-0.05, 0) is 57.0 Å². The van der Waals surface area contributed by atoms with E-state index in [-0.39, 0.29) is 0 Å². The molecule has 2 N–H and O–H groups in total. The maximum Gasteiger partial charge on any atom is 0.250 e. The summed E-state index contributed by atoms with van der Waals surface area (Å²) in [7, 11) is 0. The van der Waals surface area contributed by atoms with Crippen molar-refractivity contribution in [2.45, 2.75) is 40.7 Å². The summed E-state index contributed by atoms with van der Waals surface area (Å²) in [5.41, 5.74) is 8.98. The minimum atomic E-state index is 0.758. The number of imidazole rings is 1. The lowest BCUT2D eigenvalue weighted by molar-refractivity contribution is -0.901. The average molecular weight is 443 g/mol. The molecule has 4 aromatic rings. The standard InChI is InChI=1S/C27H32N6/c1-5-22-21(4)23(18-28)26-29-24-8-6-7-9-25(24)33(26)27(22)31-15-12-30(13-16-31)14-17-32-19(2)10-11-20(32)3/h6-11H,5,12-17H2,1-4H3/p+2. The molecule has 1 aliphatic heterocycles. The Morgan fingerprint density at radius 3 is 2.42 bits per heavy atom. The number of nitrogens with one attached hydrogen (secondary N) is 2. The van der Waals surface area contributed by atoms with Crippen LogP contribution in [0.5, 0.6) is 0 Å². The first-order valence-electron chi connectivity index (χ1n) is 12.1. The topological polar surface area (TPSA) is 56.3 Å². The Bertz CT molecular complexity index is 1340. The highest BCUT2D eigenvalue weighted by Gasteiger charge is 2.32. The molecule has 0 unspecified atom stereocenters. The summed E-state index contributed by atoms with van der Waals surface area (Å²) in [4.78, 5) is 7.75. The molecule has 0 radical (unpaired) electrons. The van der Waals surface area contributed by atoms with Gasteiger partial charge in [0.15, 0.2) is 0 Å². The molecule has 0 aliphatic carbocycles. The van der Waals surface area contributed by atoms with E-state index in [9.17, 15) is 5.26 Å². The molecule has 4 heterocycles. The van der Waals surface area contributed by atoms with Crippen LogP contribution < -0.4 is 14.2 Å². The van der Waals surface area contributed by atoms with E-state index in [0.29, 0.717) is 0 Å². The predicted octanol–water partition coefficient (Wildman–Crippen LogP) is 2.47. The summed E-state index contributed by atoms with van der Waals surface area (Å²) in [6.07, 6.45) is 0.914. The van der Waals surface area contributed by atoms with Crippen LogP contribution in [0.1, 0.15) is 35.0 Å². The number of anilines is 1. The van der Waals surface area contributed by atoms with Crippen LogP contribution in [0.2, 0.25) is 0 Å². The first-order valence-corrected chi connectivity index (χ1v) is 12.1. The Morgan fingerprint density at radius 1 is 1.06 bits per heavy atom. The second kappa shape index (κ2) is 8.57.